The molecule has 0 saturated carbocycles. The number of rotatable bonds is 6. The van der Waals surface area contributed by atoms with Crippen LogP contribution in [0.3, 0.4) is 0 Å². The highest BCUT2D eigenvalue weighted by Gasteiger charge is 2.29. The molecule has 2 aromatic heterocycles. The average Bonchev–Trinajstić information content (AvgIpc) is 3.83. The molecule has 0 unspecified atom stereocenters. The number of furan rings is 1. The van der Waals surface area contributed by atoms with E-state index in [2.05, 4.69) is 0 Å². The maximum atomic E-state index is 7.51. The fourth-order valence-electron chi connectivity index (χ4n) is 10.1. The van der Waals surface area contributed by atoms with Crippen molar-refractivity contribution in [2.75, 3.05) is 0 Å². The lowest BCUT2D eigenvalue weighted by Gasteiger charge is -2.30. The van der Waals surface area contributed by atoms with E-state index in [1.54, 1.807) is 0 Å². The summed E-state index contributed by atoms with van der Waals surface area (Å²) < 4.78 is 6.87. The van der Waals surface area contributed by atoms with Gasteiger partial charge in [-0.15, -0.1) is 27.3 Å². The van der Waals surface area contributed by atoms with Gasteiger partial charge < -0.3 is 4.42 Å². The van der Waals surface area contributed by atoms with Crippen molar-refractivity contribution in [2.45, 2.75) is 0 Å². The van der Waals surface area contributed by atoms with E-state index in [9.17, 15) is 0 Å². The minimum atomic E-state index is -0.118. The maximum absolute atomic E-state index is 7.51. The van der Waals surface area contributed by atoms with Crippen LogP contribution in [0.2, 0.25) is 0 Å². The average molecular weight is 895 g/mol. The molecule has 34 radical (unpaired) electrons. The number of benzene rings is 9. The Morgan fingerprint density at radius 2 is 0.595 bits per heavy atom. The SMILES string of the molecule is [B]c1c([B])c([B])c(-c2c([B])c([B])c(-c3c([B])c(-c4ccc(-c5nc(-c6ccccc6)nc(-c6ccccc6)n5)c5ccccc45)c4oc5c([B])c6c([B])c([B])c([B])c([B])c6c([B])c5c4c3[B])c([B])c2[B])c([B])c1[B]. The van der Waals surface area contributed by atoms with E-state index < -0.39 is 0 Å². The van der Waals surface area contributed by atoms with E-state index >= 15 is 0 Å². The first-order valence-corrected chi connectivity index (χ1v) is 22.7. The quantitative estimate of drug-likeness (QED) is 0.156. The van der Waals surface area contributed by atoms with Crippen molar-refractivity contribution in [3.05, 3.63) is 97.1 Å². The Hall–Kier alpha value is -6.59. The van der Waals surface area contributed by atoms with Crippen LogP contribution in [0, 0.1) is 0 Å². The first-order chi connectivity index (χ1) is 35.3. The lowest BCUT2D eigenvalue weighted by atomic mass is 9.55. The molecule has 0 spiro atoms. The molecule has 0 aliphatic carbocycles. The van der Waals surface area contributed by atoms with Gasteiger partial charge in [0.25, 0.3) is 0 Å². The Morgan fingerprint density at radius 3 is 1.08 bits per heavy atom. The number of hydrogen-bond donors (Lipinski definition) is 0. The number of hydrogen-bond acceptors (Lipinski definition) is 4. The van der Waals surface area contributed by atoms with Gasteiger partial charge in [0.1, 0.15) is 145 Å². The van der Waals surface area contributed by atoms with Crippen molar-refractivity contribution in [1.29, 1.82) is 0 Å². The van der Waals surface area contributed by atoms with E-state index in [4.69, 9.17) is 153 Å². The van der Waals surface area contributed by atoms with Crippen LogP contribution in [0.15, 0.2) is 101 Å². The van der Waals surface area contributed by atoms with Crippen molar-refractivity contribution in [1.82, 2.24) is 15.0 Å². The maximum Gasteiger partial charge on any atom is 0.164 e. The summed E-state index contributed by atoms with van der Waals surface area (Å²) in [4.78, 5) is 15.0. The smallest absolute Gasteiger partial charge is 0.164 e. The van der Waals surface area contributed by atoms with Crippen molar-refractivity contribution in [3.8, 4) is 67.5 Å². The molecular formula is C53H16B17N3O. The summed E-state index contributed by atoms with van der Waals surface area (Å²) in [7, 11) is 115. The van der Waals surface area contributed by atoms with Crippen LogP contribution in [0.4, 0.5) is 0 Å². The first-order valence-electron chi connectivity index (χ1n) is 22.7. The summed E-state index contributed by atoms with van der Waals surface area (Å²) in [6.07, 6.45) is 0. The van der Waals surface area contributed by atoms with Crippen LogP contribution in [-0.2, 0) is 0 Å². The highest BCUT2D eigenvalue weighted by Crippen LogP contribution is 2.41. The van der Waals surface area contributed by atoms with Gasteiger partial charge in [-0.25, -0.2) is 15.0 Å². The summed E-state index contributed by atoms with van der Waals surface area (Å²) in [6, 6.07) is 30.7. The predicted octanol–water partition coefficient (Wildman–Crippen LogP) is -6.43. The third kappa shape index (κ3) is 7.26. The number of aromatic nitrogens is 3. The normalized spacial score (nSPS) is 11.6. The molecule has 0 aliphatic rings. The van der Waals surface area contributed by atoms with Gasteiger partial charge in [0.05, 0.1) is 0 Å². The Bertz CT molecular complexity index is 4170. The minimum Gasteiger partial charge on any atom is -0.456 e. The minimum absolute atomic E-state index is 0.000774. The van der Waals surface area contributed by atoms with E-state index in [1.807, 2.05) is 97.1 Å². The molecule has 300 valence electrons. The molecule has 0 atom stereocenters. The molecule has 11 aromatic rings. The summed E-state index contributed by atoms with van der Waals surface area (Å²) in [5, 5.41) is 2.30. The molecule has 0 amide bonds. The fraction of sp³-hybridized carbons (Fsp3) is 0. The molecule has 21 heteroatoms. The predicted molar refractivity (Wildman–Crippen MR) is 326 cm³/mol. The van der Waals surface area contributed by atoms with Crippen molar-refractivity contribution in [2.24, 2.45) is 0 Å². The highest BCUT2D eigenvalue weighted by molar-refractivity contribution is 6.74. The molecule has 0 bridgehead atoms. The second kappa shape index (κ2) is 18.4. The third-order valence-corrected chi connectivity index (χ3v) is 13.9. The second-order valence-electron chi connectivity index (χ2n) is 17.9. The summed E-state index contributed by atoms with van der Waals surface area (Å²) in [6.45, 7) is 0. The van der Waals surface area contributed by atoms with Gasteiger partial charge in [0, 0.05) is 33.0 Å². The Morgan fingerprint density at radius 1 is 0.243 bits per heavy atom. The molecule has 4 nitrogen and oxygen atoms in total. The zero-order chi connectivity index (χ0) is 52.5. The zero-order valence-corrected chi connectivity index (χ0v) is 39.3. The molecule has 0 N–H and O–H groups in total. The van der Waals surface area contributed by atoms with Gasteiger partial charge in [-0.3, -0.25) is 0 Å². The van der Waals surface area contributed by atoms with Crippen molar-refractivity contribution >= 4 is 270 Å². The molecular weight excluding hydrogens is 878 g/mol. The van der Waals surface area contributed by atoms with E-state index in [0.717, 1.165) is 16.5 Å². The summed E-state index contributed by atoms with van der Waals surface area (Å²) >= 11 is 0. The number of nitrogens with zero attached hydrogens (tertiary/aromatic N) is 3. The Balaban J connectivity index is 1.27. The Kier molecular flexibility index (Phi) is 12.3. The summed E-state index contributed by atoms with van der Waals surface area (Å²) in [5.41, 5.74) is 3.07. The number of fused-ring (bicyclic) bond motifs is 5. The monoisotopic (exact) mass is 897 g/mol. The Labute approximate surface area is 451 Å². The van der Waals surface area contributed by atoms with Crippen LogP contribution in [0.25, 0.3) is 111 Å². The van der Waals surface area contributed by atoms with Gasteiger partial charge in [0.15, 0.2) is 17.5 Å². The lowest BCUT2D eigenvalue weighted by Crippen LogP contribution is -2.57. The van der Waals surface area contributed by atoms with Gasteiger partial charge in [0.2, 0.25) is 0 Å². The lowest BCUT2D eigenvalue weighted by molar-refractivity contribution is 0.673. The topological polar surface area (TPSA) is 51.8 Å². The largest absolute Gasteiger partial charge is 0.456 e. The standard InChI is InChI=1S/C53H16B17N3O/c54-32-23(21-15-16-22(20-14-8-7-13-19(20)21)53-72-51(17-9-3-1-4-10-17)71-52(73-53)18-11-5-2-6-12-18)49-30(31-34(56)25-29(43(65)50(31)74-49)42(64)45(67)44(66)39(25)61)33(55)24(32)26-35(57)37(59)27(38(60)36(26)58)28-40(62)46(68)48(70)47(69)41(28)63/h1-16H. The summed E-state index contributed by atoms with van der Waals surface area (Å²) in [5.74, 6) is 1.35. The molecule has 0 aliphatic heterocycles. The first kappa shape index (κ1) is 49.6. The van der Waals surface area contributed by atoms with E-state index in [-0.39, 0.29) is 148 Å². The second-order valence-corrected chi connectivity index (χ2v) is 17.9. The van der Waals surface area contributed by atoms with Gasteiger partial charge in [-0.1, -0.05) is 151 Å². The molecule has 2 heterocycles. The molecule has 11 rings (SSSR count). The van der Waals surface area contributed by atoms with Crippen molar-refractivity contribution in [3.63, 3.8) is 0 Å². The molecule has 9 aromatic carbocycles. The van der Waals surface area contributed by atoms with Gasteiger partial charge in [-0.2, -0.15) is 0 Å². The van der Waals surface area contributed by atoms with Crippen LogP contribution >= 0.6 is 0 Å². The van der Waals surface area contributed by atoms with Crippen LogP contribution in [-0.4, -0.2) is 148 Å². The fourth-order valence-corrected chi connectivity index (χ4v) is 10.1. The third-order valence-electron chi connectivity index (χ3n) is 13.9. The highest BCUT2D eigenvalue weighted by atomic mass is 16.3. The molecule has 74 heavy (non-hydrogen) atoms. The molecule has 0 fully saturated rings. The van der Waals surface area contributed by atoms with Crippen molar-refractivity contribution < 1.29 is 4.42 Å². The van der Waals surface area contributed by atoms with E-state index in [1.165, 1.54) is 0 Å². The van der Waals surface area contributed by atoms with Crippen LogP contribution in [0.1, 0.15) is 0 Å². The van der Waals surface area contributed by atoms with Crippen LogP contribution in [0.5, 0.6) is 0 Å². The van der Waals surface area contributed by atoms with Gasteiger partial charge in [-0.05, 0) is 60.9 Å². The van der Waals surface area contributed by atoms with Gasteiger partial charge >= 0.3 is 0 Å². The van der Waals surface area contributed by atoms with Crippen LogP contribution < -0.4 is 92.9 Å². The molecule has 0 saturated heterocycles. The zero-order valence-electron chi connectivity index (χ0n) is 39.3. The van der Waals surface area contributed by atoms with E-state index in [0.29, 0.717) is 39.5 Å².